The molecule has 0 aliphatic rings. The molecule has 3 rings (SSSR count). The van der Waals surface area contributed by atoms with Gasteiger partial charge in [0, 0.05) is 35.9 Å². The van der Waals surface area contributed by atoms with Crippen LogP contribution in [0.25, 0.3) is 10.9 Å². The first-order valence-electron chi connectivity index (χ1n) is 11.3. The molecule has 0 atom stereocenters. The summed E-state index contributed by atoms with van der Waals surface area (Å²) in [5.41, 5.74) is 7.32. The van der Waals surface area contributed by atoms with Gasteiger partial charge in [0.05, 0.1) is 0 Å². The average Bonchev–Trinajstić information content (AvgIpc) is 3.15. The van der Waals surface area contributed by atoms with Gasteiger partial charge >= 0.3 is 0 Å². The Labute approximate surface area is 192 Å². The van der Waals surface area contributed by atoms with E-state index in [4.69, 9.17) is 12.2 Å². The van der Waals surface area contributed by atoms with Crippen LogP contribution in [-0.4, -0.2) is 46.1 Å². The second-order valence-electron chi connectivity index (χ2n) is 8.37. The molecule has 0 spiro atoms. The lowest BCUT2D eigenvalue weighted by molar-refractivity contribution is 0.281. The van der Waals surface area contributed by atoms with Crippen molar-refractivity contribution in [3.8, 4) is 0 Å². The molecule has 0 bridgehead atoms. The maximum absolute atomic E-state index is 5.93. The molecule has 2 aromatic carbocycles. The lowest BCUT2D eigenvalue weighted by Crippen LogP contribution is -2.37. The fraction of sp³-hybridized carbons (Fsp3) is 0.423. The second-order valence-corrected chi connectivity index (χ2v) is 8.75. The first-order valence-corrected chi connectivity index (χ1v) is 11.7. The summed E-state index contributed by atoms with van der Waals surface area (Å²) in [6.07, 6.45) is 3.20. The first kappa shape index (κ1) is 23.3. The highest BCUT2D eigenvalue weighted by atomic mass is 32.1. The van der Waals surface area contributed by atoms with Gasteiger partial charge in [-0.1, -0.05) is 49.7 Å². The summed E-state index contributed by atoms with van der Waals surface area (Å²) >= 11 is 5.93. The number of nitrogens with one attached hydrogen (secondary N) is 2. The Kier molecular flexibility index (Phi) is 8.10. The molecule has 2 N–H and O–H groups in total. The second kappa shape index (κ2) is 10.8. The van der Waals surface area contributed by atoms with Crippen LogP contribution in [0, 0.1) is 20.8 Å². The molecule has 0 fully saturated rings. The number of rotatable bonds is 9. The van der Waals surface area contributed by atoms with E-state index in [1.54, 1.807) is 0 Å². The summed E-state index contributed by atoms with van der Waals surface area (Å²) in [7, 11) is 0. The monoisotopic (exact) mass is 436 g/mol. The summed E-state index contributed by atoms with van der Waals surface area (Å²) < 4.78 is 0. The van der Waals surface area contributed by atoms with E-state index in [-0.39, 0.29) is 0 Å². The third-order valence-corrected chi connectivity index (χ3v) is 6.39. The molecule has 0 unspecified atom stereocenters. The van der Waals surface area contributed by atoms with E-state index < -0.39 is 0 Å². The van der Waals surface area contributed by atoms with E-state index in [0.29, 0.717) is 0 Å². The Hall–Kier alpha value is -2.37. The van der Waals surface area contributed by atoms with Crippen molar-refractivity contribution < 1.29 is 0 Å². The molecule has 5 heteroatoms. The molecule has 166 valence electrons. The summed E-state index contributed by atoms with van der Waals surface area (Å²) in [6.45, 7) is 15.9. The Bertz CT molecular complexity index is 996. The summed E-state index contributed by atoms with van der Waals surface area (Å²) in [5, 5.41) is 5.62. The molecule has 4 nitrogen and oxygen atoms in total. The van der Waals surface area contributed by atoms with Crippen LogP contribution in [0.2, 0.25) is 0 Å². The number of thiocarbonyl (C=S) groups is 1. The van der Waals surface area contributed by atoms with Crippen LogP contribution in [-0.2, 0) is 6.54 Å². The maximum atomic E-state index is 5.93. The minimum atomic E-state index is 0.790. The van der Waals surface area contributed by atoms with E-state index in [1.807, 2.05) is 0 Å². The maximum Gasteiger partial charge on any atom is 0.173 e. The van der Waals surface area contributed by atoms with Crippen molar-refractivity contribution in [3.05, 3.63) is 64.8 Å². The Morgan fingerprint density at radius 3 is 2.35 bits per heavy atom. The molecular formula is C26H36N4S. The topological polar surface area (TPSA) is 34.3 Å². The number of fused-ring (bicyclic) bond motifs is 1. The van der Waals surface area contributed by atoms with E-state index in [2.05, 4.69) is 97.3 Å². The molecule has 0 saturated heterocycles. The molecule has 0 aliphatic heterocycles. The van der Waals surface area contributed by atoms with Crippen LogP contribution < -0.4 is 5.32 Å². The number of para-hydroxylation sites is 1. The molecule has 1 aromatic heterocycles. The third kappa shape index (κ3) is 5.86. The lowest BCUT2D eigenvalue weighted by Gasteiger charge is -2.28. The SMILES string of the molecule is CCN(CC)CCCN(Cc1c[nH]c2ccccc12)C(=S)Nc1c(C)cc(C)cc1C. The summed E-state index contributed by atoms with van der Waals surface area (Å²) in [4.78, 5) is 8.18. The number of anilines is 1. The number of hydrogen-bond donors (Lipinski definition) is 2. The van der Waals surface area contributed by atoms with Crippen molar-refractivity contribution in [2.45, 2.75) is 47.6 Å². The van der Waals surface area contributed by atoms with Crippen molar-refractivity contribution in [1.29, 1.82) is 0 Å². The van der Waals surface area contributed by atoms with Crippen molar-refractivity contribution in [2.75, 3.05) is 31.5 Å². The van der Waals surface area contributed by atoms with Crippen molar-refractivity contribution in [3.63, 3.8) is 0 Å². The molecule has 1 heterocycles. The molecule has 0 radical (unpaired) electrons. The van der Waals surface area contributed by atoms with Gasteiger partial charge in [0.1, 0.15) is 0 Å². The van der Waals surface area contributed by atoms with Crippen molar-refractivity contribution in [2.24, 2.45) is 0 Å². The third-order valence-electron chi connectivity index (χ3n) is 6.03. The number of nitrogens with zero attached hydrogens (tertiary/aromatic N) is 2. The minimum Gasteiger partial charge on any atom is -0.361 e. The fourth-order valence-corrected chi connectivity index (χ4v) is 4.57. The van der Waals surface area contributed by atoms with Gasteiger partial charge < -0.3 is 20.1 Å². The van der Waals surface area contributed by atoms with Gasteiger partial charge in [0.15, 0.2) is 5.11 Å². The van der Waals surface area contributed by atoms with E-state index in [1.165, 1.54) is 33.2 Å². The van der Waals surface area contributed by atoms with Crippen LogP contribution in [0.3, 0.4) is 0 Å². The molecular weight excluding hydrogens is 400 g/mol. The number of aryl methyl sites for hydroxylation is 3. The number of benzene rings is 2. The normalized spacial score (nSPS) is 11.3. The lowest BCUT2D eigenvalue weighted by atomic mass is 10.1. The van der Waals surface area contributed by atoms with Gasteiger partial charge in [0.2, 0.25) is 0 Å². The average molecular weight is 437 g/mol. The van der Waals surface area contributed by atoms with Crippen molar-refractivity contribution in [1.82, 2.24) is 14.8 Å². The zero-order chi connectivity index (χ0) is 22.4. The van der Waals surface area contributed by atoms with Crippen LogP contribution in [0.1, 0.15) is 42.5 Å². The number of aromatic nitrogens is 1. The molecule has 31 heavy (non-hydrogen) atoms. The van der Waals surface area contributed by atoms with Crippen molar-refractivity contribution >= 4 is 33.9 Å². The molecule has 0 saturated carbocycles. The fourth-order valence-electron chi connectivity index (χ4n) is 4.31. The molecule has 0 aliphatic carbocycles. The highest BCUT2D eigenvalue weighted by molar-refractivity contribution is 7.80. The first-order chi connectivity index (χ1) is 14.9. The zero-order valence-electron chi connectivity index (χ0n) is 19.6. The molecule has 3 aromatic rings. The Morgan fingerprint density at radius 1 is 1.00 bits per heavy atom. The zero-order valence-corrected chi connectivity index (χ0v) is 20.4. The number of H-pyrrole nitrogens is 1. The van der Waals surface area contributed by atoms with Gasteiger partial charge in [-0.3, -0.25) is 0 Å². The van der Waals surface area contributed by atoms with Crippen LogP contribution >= 0.6 is 12.2 Å². The quantitative estimate of drug-likeness (QED) is 0.402. The highest BCUT2D eigenvalue weighted by Crippen LogP contribution is 2.24. The molecule has 0 amide bonds. The summed E-state index contributed by atoms with van der Waals surface area (Å²) in [6, 6.07) is 12.9. The minimum absolute atomic E-state index is 0.790. The number of aromatic amines is 1. The standard InChI is InChI=1S/C26H36N4S/c1-6-29(7-2)13-10-14-30(18-22-17-27-24-12-9-8-11-23(22)24)26(31)28-25-20(4)15-19(3)16-21(25)5/h8-9,11-12,15-17,27H,6-7,10,13-14,18H2,1-5H3,(H,28,31). The predicted molar refractivity (Wildman–Crippen MR) is 138 cm³/mol. The van der Waals surface area contributed by atoms with Gasteiger partial charge in [-0.05, 0) is 81.8 Å². The van der Waals surface area contributed by atoms with Crippen LogP contribution in [0.15, 0.2) is 42.6 Å². The Morgan fingerprint density at radius 2 is 1.68 bits per heavy atom. The summed E-state index contributed by atoms with van der Waals surface area (Å²) in [5.74, 6) is 0. The number of hydrogen-bond acceptors (Lipinski definition) is 2. The van der Waals surface area contributed by atoms with E-state index in [9.17, 15) is 0 Å². The van der Waals surface area contributed by atoms with Gasteiger partial charge in [-0.25, -0.2) is 0 Å². The largest absolute Gasteiger partial charge is 0.361 e. The smallest absolute Gasteiger partial charge is 0.173 e. The van der Waals surface area contributed by atoms with Crippen LogP contribution in [0.4, 0.5) is 5.69 Å². The van der Waals surface area contributed by atoms with Crippen LogP contribution in [0.5, 0.6) is 0 Å². The van der Waals surface area contributed by atoms with Gasteiger partial charge in [0.25, 0.3) is 0 Å². The predicted octanol–water partition coefficient (Wildman–Crippen LogP) is 6.02. The van der Waals surface area contributed by atoms with Gasteiger partial charge in [-0.2, -0.15) is 0 Å². The van der Waals surface area contributed by atoms with E-state index in [0.717, 1.165) is 49.9 Å². The Balaban J connectivity index is 1.80. The van der Waals surface area contributed by atoms with E-state index >= 15 is 0 Å². The highest BCUT2D eigenvalue weighted by Gasteiger charge is 2.15. The van der Waals surface area contributed by atoms with Gasteiger partial charge in [-0.15, -0.1) is 0 Å².